The fraction of sp³-hybridized carbons (Fsp3) is 0.176. The van der Waals surface area contributed by atoms with Gasteiger partial charge in [-0.3, -0.25) is 4.98 Å². The van der Waals surface area contributed by atoms with Crippen molar-refractivity contribution in [1.82, 2.24) is 10.3 Å². The predicted octanol–water partition coefficient (Wildman–Crippen LogP) is 2.94. The first-order valence-electron chi connectivity index (χ1n) is 7.22. The molecule has 3 rings (SSSR count). The van der Waals surface area contributed by atoms with Crippen LogP contribution in [-0.2, 0) is 13.0 Å². The van der Waals surface area contributed by atoms with Crippen LogP contribution in [0.25, 0.3) is 10.9 Å². The second-order valence-electron chi connectivity index (χ2n) is 4.95. The van der Waals surface area contributed by atoms with Gasteiger partial charge in [0.15, 0.2) is 5.96 Å². The molecule has 3 N–H and O–H groups in total. The van der Waals surface area contributed by atoms with Crippen LogP contribution in [0.4, 0.5) is 0 Å². The summed E-state index contributed by atoms with van der Waals surface area (Å²) in [6, 6.07) is 14.3. The fourth-order valence-corrected chi connectivity index (χ4v) is 3.00. The van der Waals surface area contributed by atoms with Gasteiger partial charge < -0.3 is 11.1 Å². The molecule has 2 aromatic heterocycles. The van der Waals surface area contributed by atoms with E-state index >= 15 is 0 Å². The summed E-state index contributed by atoms with van der Waals surface area (Å²) < 4.78 is 0. The highest BCUT2D eigenvalue weighted by molar-refractivity contribution is 7.09. The first-order valence-corrected chi connectivity index (χ1v) is 8.10. The lowest BCUT2D eigenvalue weighted by Gasteiger charge is -2.06. The molecule has 4 nitrogen and oxygen atoms in total. The SMILES string of the molecule is NC(=NCc1cccc2cccnc12)NCCc1cccs1. The Morgan fingerprint density at radius 1 is 1.18 bits per heavy atom. The number of benzene rings is 1. The Hall–Kier alpha value is -2.40. The number of aliphatic imine (C=N–C) groups is 1. The average Bonchev–Trinajstić information content (AvgIpc) is 3.06. The Kier molecular flexibility index (Phi) is 4.65. The minimum atomic E-state index is 0.476. The average molecular weight is 310 g/mol. The van der Waals surface area contributed by atoms with E-state index in [4.69, 9.17) is 5.73 Å². The van der Waals surface area contributed by atoms with Gasteiger partial charge in [-0.2, -0.15) is 0 Å². The number of hydrogen-bond acceptors (Lipinski definition) is 3. The van der Waals surface area contributed by atoms with Gasteiger partial charge in [-0.15, -0.1) is 11.3 Å². The molecule has 0 amide bonds. The highest BCUT2D eigenvalue weighted by atomic mass is 32.1. The zero-order valence-corrected chi connectivity index (χ0v) is 13.0. The number of fused-ring (bicyclic) bond motifs is 1. The molecule has 0 aliphatic carbocycles. The Morgan fingerprint density at radius 3 is 2.95 bits per heavy atom. The zero-order chi connectivity index (χ0) is 15.2. The maximum absolute atomic E-state index is 5.93. The number of nitrogens with one attached hydrogen (secondary N) is 1. The quantitative estimate of drug-likeness (QED) is 0.562. The number of guanidine groups is 1. The van der Waals surface area contributed by atoms with Crippen molar-refractivity contribution in [2.75, 3.05) is 6.54 Å². The molecule has 0 aliphatic rings. The van der Waals surface area contributed by atoms with Gasteiger partial charge in [0.1, 0.15) is 0 Å². The molecule has 0 saturated heterocycles. The summed E-state index contributed by atoms with van der Waals surface area (Å²) in [4.78, 5) is 10.2. The second kappa shape index (κ2) is 7.04. The Bertz CT molecular complexity index is 760. The molecule has 112 valence electrons. The van der Waals surface area contributed by atoms with Crippen molar-refractivity contribution in [3.8, 4) is 0 Å². The molecule has 0 bridgehead atoms. The van der Waals surface area contributed by atoms with Gasteiger partial charge in [0.25, 0.3) is 0 Å². The molecular weight excluding hydrogens is 292 g/mol. The zero-order valence-electron chi connectivity index (χ0n) is 12.2. The van der Waals surface area contributed by atoms with Crippen molar-refractivity contribution in [2.24, 2.45) is 10.7 Å². The Labute approximate surface area is 133 Å². The second-order valence-corrected chi connectivity index (χ2v) is 5.98. The number of para-hydroxylation sites is 1. The fourth-order valence-electron chi connectivity index (χ4n) is 2.29. The van der Waals surface area contributed by atoms with E-state index in [9.17, 15) is 0 Å². The van der Waals surface area contributed by atoms with Gasteiger partial charge >= 0.3 is 0 Å². The van der Waals surface area contributed by atoms with Crippen molar-refractivity contribution < 1.29 is 0 Å². The maximum atomic E-state index is 5.93. The summed E-state index contributed by atoms with van der Waals surface area (Å²) in [7, 11) is 0. The summed E-state index contributed by atoms with van der Waals surface area (Å²) in [5.74, 6) is 0.476. The molecule has 0 spiro atoms. The van der Waals surface area contributed by atoms with Crippen LogP contribution in [0.3, 0.4) is 0 Å². The molecule has 0 saturated carbocycles. The molecule has 22 heavy (non-hydrogen) atoms. The Balaban J connectivity index is 1.60. The molecule has 0 fully saturated rings. The van der Waals surface area contributed by atoms with Gasteiger partial charge in [-0.1, -0.05) is 30.3 Å². The van der Waals surface area contributed by atoms with E-state index in [1.165, 1.54) is 4.88 Å². The lowest BCUT2D eigenvalue weighted by Crippen LogP contribution is -2.33. The topological polar surface area (TPSA) is 63.3 Å². The number of thiophene rings is 1. The van der Waals surface area contributed by atoms with Crippen molar-refractivity contribution in [3.63, 3.8) is 0 Å². The van der Waals surface area contributed by atoms with Crippen molar-refractivity contribution in [2.45, 2.75) is 13.0 Å². The summed E-state index contributed by atoms with van der Waals surface area (Å²) >= 11 is 1.76. The lowest BCUT2D eigenvalue weighted by molar-refractivity contribution is 0.857. The normalized spacial score (nSPS) is 11.7. The van der Waals surface area contributed by atoms with Gasteiger partial charge in [0.2, 0.25) is 0 Å². The molecule has 5 heteroatoms. The standard InChI is InChI=1S/C17H18N4S/c18-17(20-10-8-15-7-3-11-22-15)21-12-14-5-1-4-13-6-2-9-19-16(13)14/h1-7,9,11H,8,10,12H2,(H3,18,20,21). The highest BCUT2D eigenvalue weighted by Crippen LogP contribution is 2.16. The third-order valence-corrected chi connectivity index (χ3v) is 4.33. The molecule has 0 unspecified atom stereocenters. The molecule has 2 heterocycles. The molecule has 0 aliphatic heterocycles. The van der Waals surface area contributed by atoms with E-state index in [0.29, 0.717) is 12.5 Å². The van der Waals surface area contributed by atoms with Crippen LogP contribution in [0.2, 0.25) is 0 Å². The van der Waals surface area contributed by atoms with Crippen LogP contribution < -0.4 is 11.1 Å². The number of nitrogens with zero attached hydrogens (tertiary/aromatic N) is 2. The van der Waals surface area contributed by atoms with Gasteiger partial charge in [0, 0.05) is 23.0 Å². The van der Waals surface area contributed by atoms with Crippen LogP contribution in [0, 0.1) is 0 Å². The molecule has 0 radical (unpaired) electrons. The van der Waals surface area contributed by atoms with Gasteiger partial charge in [0.05, 0.1) is 12.1 Å². The van der Waals surface area contributed by atoms with E-state index in [-0.39, 0.29) is 0 Å². The largest absolute Gasteiger partial charge is 0.370 e. The predicted molar refractivity (Wildman–Crippen MR) is 93.1 cm³/mol. The van der Waals surface area contributed by atoms with Crippen LogP contribution in [0.1, 0.15) is 10.4 Å². The van der Waals surface area contributed by atoms with Crippen LogP contribution in [-0.4, -0.2) is 17.5 Å². The molecule has 1 aromatic carbocycles. The number of nitrogens with two attached hydrogens (primary N) is 1. The van der Waals surface area contributed by atoms with E-state index in [1.54, 1.807) is 17.5 Å². The Morgan fingerprint density at radius 2 is 2.09 bits per heavy atom. The van der Waals surface area contributed by atoms with Gasteiger partial charge in [-0.25, -0.2) is 4.99 Å². The van der Waals surface area contributed by atoms with Crippen LogP contribution >= 0.6 is 11.3 Å². The lowest BCUT2D eigenvalue weighted by atomic mass is 10.1. The monoisotopic (exact) mass is 310 g/mol. The number of hydrogen-bond donors (Lipinski definition) is 2. The number of pyridine rings is 1. The van der Waals surface area contributed by atoms with E-state index < -0.39 is 0 Å². The third-order valence-electron chi connectivity index (χ3n) is 3.39. The van der Waals surface area contributed by atoms with Gasteiger partial charge in [-0.05, 0) is 29.5 Å². The minimum Gasteiger partial charge on any atom is -0.370 e. The minimum absolute atomic E-state index is 0.476. The van der Waals surface area contributed by atoms with E-state index in [2.05, 4.69) is 44.9 Å². The molecule has 0 atom stereocenters. The third kappa shape index (κ3) is 3.62. The molecular formula is C17H18N4S. The van der Waals surface area contributed by atoms with Crippen molar-refractivity contribution in [1.29, 1.82) is 0 Å². The number of rotatable bonds is 5. The highest BCUT2D eigenvalue weighted by Gasteiger charge is 2.01. The summed E-state index contributed by atoms with van der Waals surface area (Å²) in [5, 5.41) is 6.36. The first-order chi connectivity index (χ1) is 10.8. The van der Waals surface area contributed by atoms with E-state index in [0.717, 1.165) is 29.4 Å². The van der Waals surface area contributed by atoms with Crippen LogP contribution in [0.5, 0.6) is 0 Å². The van der Waals surface area contributed by atoms with Crippen molar-refractivity contribution >= 4 is 28.2 Å². The van der Waals surface area contributed by atoms with Crippen molar-refractivity contribution in [3.05, 3.63) is 64.5 Å². The smallest absolute Gasteiger partial charge is 0.188 e. The summed E-state index contributed by atoms with van der Waals surface area (Å²) in [6.07, 6.45) is 2.77. The first kappa shape index (κ1) is 14.5. The number of aromatic nitrogens is 1. The summed E-state index contributed by atoms with van der Waals surface area (Å²) in [6.45, 7) is 1.33. The summed E-state index contributed by atoms with van der Waals surface area (Å²) in [5.41, 5.74) is 8.00. The van der Waals surface area contributed by atoms with Crippen LogP contribution in [0.15, 0.2) is 59.0 Å². The molecule has 3 aromatic rings. The maximum Gasteiger partial charge on any atom is 0.188 e. The van der Waals surface area contributed by atoms with E-state index in [1.807, 2.05) is 18.2 Å².